The zero-order chi connectivity index (χ0) is 18.7. The Labute approximate surface area is 160 Å². The molecule has 1 aliphatic heterocycles. The molecule has 0 saturated carbocycles. The van der Waals surface area contributed by atoms with Crippen molar-refractivity contribution in [3.05, 3.63) is 52.3 Å². The first-order valence-electron chi connectivity index (χ1n) is 8.23. The lowest BCUT2D eigenvalue weighted by Gasteiger charge is -2.17. The monoisotopic (exact) mass is 400 g/mol. The molecule has 1 aromatic carbocycles. The summed E-state index contributed by atoms with van der Waals surface area (Å²) < 4.78 is 38.3. The highest BCUT2D eigenvalue weighted by molar-refractivity contribution is 7.98. The van der Waals surface area contributed by atoms with Crippen LogP contribution in [0.5, 0.6) is 0 Å². The molecule has 1 atom stereocenters. The zero-order valence-electron chi connectivity index (χ0n) is 14.5. The topological polar surface area (TPSA) is 44.2 Å². The van der Waals surface area contributed by atoms with E-state index in [4.69, 9.17) is 21.1 Å². The molecule has 0 radical (unpaired) electrons. The summed E-state index contributed by atoms with van der Waals surface area (Å²) in [5.74, 6) is -2.04. The van der Waals surface area contributed by atoms with Crippen LogP contribution in [0.1, 0.15) is 31.5 Å². The molecular weight excluding hydrogens is 382 g/mol. The van der Waals surface area contributed by atoms with Gasteiger partial charge in [-0.1, -0.05) is 35.5 Å². The van der Waals surface area contributed by atoms with Crippen molar-refractivity contribution in [2.24, 2.45) is 0 Å². The third-order valence-corrected chi connectivity index (χ3v) is 5.00. The summed E-state index contributed by atoms with van der Waals surface area (Å²) in [5, 5.41) is 0.751. The molecule has 1 saturated heterocycles. The molecule has 140 valence electrons. The van der Waals surface area contributed by atoms with Crippen molar-refractivity contribution in [3.8, 4) is 0 Å². The highest BCUT2D eigenvalue weighted by Gasteiger charge is 2.32. The zero-order valence-corrected chi connectivity index (χ0v) is 16.0. The van der Waals surface area contributed by atoms with Crippen molar-refractivity contribution in [1.29, 1.82) is 0 Å². The Balaban J connectivity index is 1.61. The molecule has 0 N–H and O–H groups in total. The normalized spacial score (nSPS) is 19.0. The molecule has 1 aromatic heterocycles. The number of aryl methyl sites for hydroxylation is 1. The second-order valence-corrected chi connectivity index (χ2v) is 7.79. The van der Waals surface area contributed by atoms with Gasteiger partial charge in [-0.05, 0) is 38.8 Å². The lowest BCUT2D eigenvalue weighted by atomic mass is 10.1. The minimum atomic E-state index is -0.863. The smallest absolute Gasteiger partial charge is 0.189 e. The molecule has 4 nitrogen and oxygen atoms in total. The van der Waals surface area contributed by atoms with Crippen LogP contribution in [0.3, 0.4) is 0 Å². The van der Waals surface area contributed by atoms with Gasteiger partial charge in [-0.2, -0.15) is 0 Å². The molecule has 0 spiro atoms. The van der Waals surface area contributed by atoms with E-state index in [0.717, 1.165) is 18.2 Å². The van der Waals surface area contributed by atoms with E-state index in [2.05, 4.69) is 9.97 Å². The number of halogens is 3. The lowest BCUT2D eigenvalue weighted by molar-refractivity contribution is -0.138. The first kappa shape index (κ1) is 19.5. The Bertz CT molecular complexity index is 792. The van der Waals surface area contributed by atoms with Crippen LogP contribution in [0.4, 0.5) is 8.78 Å². The minimum Gasteiger partial charge on any atom is -0.348 e. The molecule has 0 aliphatic carbocycles. The Morgan fingerprint density at radius 2 is 2.12 bits per heavy atom. The van der Waals surface area contributed by atoms with Gasteiger partial charge in [-0.25, -0.2) is 18.7 Å². The average molecular weight is 401 g/mol. The van der Waals surface area contributed by atoms with Gasteiger partial charge in [0.15, 0.2) is 22.6 Å². The van der Waals surface area contributed by atoms with E-state index in [1.165, 1.54) is 23.9 Å². The molecule has 3 rings (SSSR count). The van der Waals surface area contributed by atoms with Gasteiger partial charge in [0.2, 0.25) is 0 Å². The van der Waals surface area contributed by atoms with Crippen LogP contribution in [-0.4, -0.2) is 28.5 Å². The van der Waals surface area contributed by atoms with E-state index in [9.17, 15) is 8.78 Å². The largest absolute Gasteiger partial charge is 0.348 e. The number of ether oxygens (including phenoxy) is 2. The van der Waals surface area contributed by atoms with Gasteiger partial charge in [0.1, 0.15) is 5.15 Å². The lowest BCUT2D eigenvalue weighted by Crippen LogP contribution is -2.21. The number of rotatable bonds is 6. The van der Waals surface area contributed by atoms with Gasteiger partial charge in [-0.3, -0.25) is 0 Å². The molecule has 2 heterocycles. The van der Waals surface area contributed by atoms with E-state index in [-0.39, 0.29) is 17.4 Å². The molecular formula is C18H19ClF2N2O2S. The molecule has 2 aromatic rings. The van der Waals surface area contributed by atoms with Gasteiger partial charge >= 0.3 is 0 Å². The highest BCUT2D eigenvalue weighted by atomic mass is 35.5. The molecule has 8 heteroatoms. The molecule has 1 fully saturated rings. The van der Waals surface area contributed by atoms with Gasteiger partial charge < -0.3 is 9.47 Å². The average Bonchev–Trinajstić information content (AvgIpc) is 2.93. The second-order valence-electron chi connectivity index (χ2n) is 6.46. The van der Waals surface area contributed by atoms with Crippen molar-refractivity contribution in [1.82, 2.24) is 9.97 Å². The summed E-state index contributed by atoms with van der Waals surface area (Å²) in [4.78, 5) is 8.60. The third kappa shape index (κ3) is 5.13. The summed E-state index contributed by atoms with van der Waals surface area (Å²) in [6.45, 7) is 4.32. The van der Waals surface area contributed by atoms with Gasteiger partial charge in [0.05, 0.1) is 12.7 Å². The Kier molecular flexibility index (Phi) is 6.12. The summed E-state index contributed by atoms with van der Waals surface area (Å²) in [5.41, 5.74) is 1.04. The van der Waals surface area contributed by atoms with E-state index >= 15 is 0 Å². The SMILES string of the molecule is CC1(C)OCC(CCc2cc(Cl)nc(SCc3cccc(F)c3F)n2)O1. The van der Waals surface area contributed by atoms with Crippen molar-refractivity contribution >= 4 is 23.4 Å². The summed E-state index contributed by atoms with van der Waals surface area (Å²) >= 11 is 7.29. The van der Waals surface area contributed by atoms with E-state index < -0.39 is 17.4 Å². The third-order valence-electron chi connectivity index (χ3n) is 3.91. The summed E-state index contributed by atoms with van der Waals surface area (Å²) in [6.07, 6.45) is 1.42. The quantitative estimate of drug-likeness (QED) is 0.396. The highest BCUT2D eigenvalue weighted by Crippen LogP contribution is 2.27. The van der Waals surface area contributed by atoms with Crippen molar-refractivity contribution in [2.45, 2.75) is 49.5 Å². The second kappa shape index (κ2) is 8.17. The maximum atomic E-state index is 13.7. The van der Waals surface area contributed by atoms with Gasteiger partial charge in [0.25, 0.3) is 0 Å². The van der Waals surface area contributed by atoms with Crippen LogP contribution >= 0.6 is 23.4 Å². The summed E-state index contributed by atoms with van der Waals surface area (Å²) in [6, 6.07) is 5.81. The maximum Gasteiger partial charge on any atom is 0.189 e. The van der Waals surface area contributed by atoms with Gasteiger partial charge in [-0.15, -0.1) is 0 Å². The number of hydrogen-bond donors (Lipinski definition) is 0. The van der Waals surface area contributed by atoms with Gasteiger partial charge in [0, 0.05) is 17.0 Å². The first-order valence-corrected chi connectivity index (χ1v) is 9.60. The first-order chi connectivity index (χ1) is 12.3. The predicted molar refractivity (Wildman–Crippen MR) is 96.2 cm³/mol. The van der Waals surface area contributed by atoms with Crippen LogP contribution in [-0.2, 0) is 21.6 Å². The van der Waals surface area contributed by atoms with Crippen LogP contribution in [0, 0.1) is 11.6 Å². The fourth-order valence-electron chi connectivity index (χ4n) is 2.65. The molecule has 1 unspecified atom stereocenters. The van der Waals surface area contributed by atoms with Crippen LogP contribution in [0.2, 0.25) is 5.15 Å². The maximum absolute atomic E-state index is 13.7. The van der Waals surface area contributed by atoms with Crippen molar-refractivity contribution in [2.75, 3.05) is 6.61 Å². The van der Waals surface area contributed by atoms with E-state index in [1.807, 2.05) is 13.8 Å². The number of aromatic nitrogens is 2. The molecule has 1 aliphatic rings. The van der Waals surface area contributed by atoms with Crippen molar-refractivity contribution in [3.63, 3.8) is 0 Å². The standard InChI is InChI=1S/C18H19ClF2N2O2S/c1-18(2)24-9-13(25-18)7-6-12-8-15(19)23-17(22-12)26-10-11-4-3-5-14(20)16(11)21/h3-5,8,13H,6-7,9-10H2,1-2H3. The number of nitrogens with zero attached hydrogens (tertiary/aromatic N) is 2. The summed E-state index contributed by atoms with van der Waals surface area (Å²) in [7, 11) is 0. The fourth-order valence-corrected chi connectivity index (χ4v) is 3.76. The Morgan fingerprint density at radius 3 is 2.85 bits per heavy atom. The van der Waals surface area contributed by atoms with E-state index in [0.29, 0.717) is 23.3 Å². The minimum absolute atomic E-state index is 0.0104. The predicted octanol–water partition coefficient (Wildman–Crippen LogP) is 4.78. The Morgan fingerprint density at radius 1 is 1.31 bits per heavy atom. The number of benzene rings is 1. The van der Waals surface area contributed by atoms with Crippen molar-refractivity contribution < 1.29 is 18.3 Å². The number of thioether (sulfide) groups is 1. The van der Waals surface area contributed by atoms with Crippen LogP contribution in [0.25, 0.3) is 0 Å². The Hall–Kier alpha value is -1.28. The molecule has 0 bridgehead atoms. The fraction of sp³-hybridized carbons (Fsp3) is 0.444. The van der Waals surface area contributed by atoms with E-state index in [1.54, 1.807) is 6.07 Å². The molecule has 26 heavy (non-hydrogen) atoms. The van der Waals surface area contributed by atoms with Crippen LogP contribution in [0.15, 0.2) is 29.4 Å². The number of hydrogen-bond acceptors (Lipinski definition) is 5. The van der Waals surface area contributed by atoms with Crippen LogP contribution < -0.4 is 0 Å². The molecule has 0 amide bonds.